The van der Waals surface area contributed by atoms with E-state index in [-0.39, 0.29) is 35.5 Å². The number of allylic oxidation sites excluding steroid dienone is 2. The van der Waals surface area contributed by atoms with Crippen LogP contribution in [0.5, 0.6) is 11.5 Å². The fraction of sp³-hybridized carbons (Fsp3) is 0.320. The van der Waals surface area contributed by atoms with Gasteiger partial charge in [-0.1, -0.05) is 40.2 Å². The van der Waals surface area contributed by atoms with Crippen LogP contribution in [0.15, 0.2) is 58.1 Å². The van der Waals surface area contributed by atoms with Crippen molar-refractivity contribution in [2.75, 3.05) is 7.11 Å². The number of benzene rings is 2. The van der Waals surface area contributed by atoms with Gasteiger partial charge < -0.3 is 9.47 Å². The highest BCUT2D eigenvalue weighted by atomic mass is 127. The lowest BCUT2D eigenvalue weighted by molar-refractivity contribution is -0.140. The molecule has 0 radical (unpaired) electrons. The van der Waals surface area contributed by atoms with Crippen LogP contribution in [0.1, 0.15) is 24.0 Å². The molecule has 3 aliphatic carbocycles. The van der Waals surface area contributed by atoms with Gasteiger partial charge in [-0.25, -0.2) is 0 Å². The van der Waals surface area contributed by atoms with Crippen LogP contribution in [0, 0.1) is 27.2 Å². The summed E-state index contributed by atoms with van der Waals surface area (Å²) in [5.74, 6) is 0.619. The van der Waals surface area contributed by atoms with Crippen LogP contribution >= 0.6 is 38.5 Å². The molecule has 4 aliphatic rings. The molecule has 0 N–H and O–H groups in total. The van der Waals surface area contributed by atoms with Crippen molar-refractivity contribution in [2.45, 2.75) is 19.4 Å². The molecular weight excluding hydrogens is 599 g/mol. The Bertz CT molecular complexity index is 1130. The average molecular weight is 621 g/mol. The third-order valence-corrected chi connectivity index (χ3v) is 7.94. The predicted molar refractivity (Wildman–Crippen MR) is 136 cm³/mol. The molecule has 2 aromatic carbocycles. The number of nitrogens with zero attached hydrogens (tertiary/aromatic N) is 2. The number of hydrogen-bond acceptors (Lipinski definition) is 5. The van der Waals surface area contributed by atoms with Crippen LogP contribution < -0.4 is 9.47 Å². The molecule has 6 nitrogen and oxygen atoms in total. The fourth-order valence-electron chi connectivity index (χ4n) is 4.99. The molecule has 8 heteroatoms. The number of carbonyl (C=O) groups is 2. The first-order chi connectivity index (χ1) is 16.0. The van der Waals surface area contributed by atoms with Crippen molar-refractivity contribution >= 4 is 56.5 Å². The van der Waals surface area contributed by atoms with E-state index in [1.54, 1.807) is 19.4 Å². The molecule has 33 heavy (non-hydrogen) atoms. The van der Waals surface area contributed by atoms with Crippen LogP contribution in [0.3, 0.4) is 0 Å². The van der Waals surface area contributed by atoms with E-state index in [2.05, 4.69) is 55.8 Å². The minimum Gasteiger partial charge on any atom is -0.493 e. The Hall–Kier alpha value is -2.20. The Morgan fingerprint density at radius 3 is 2.30 bits per heavy atom. The molecule has 0 aromatic heterocycles. The topological polar surface area (TPSA) is 68.2 Å². The summed E-state index contributed by atoms with van der Waals surface area (Å²) in [6, 6.07) is 11.6. The first kappa shape index (κ1) is 22.6. The second-order valence-corrected chi connectivity index (χ2v) is 10.6. The molecule has 6 rings (SSSR count). The molecule has 0 spiro atoms. The van der Waals surface area contributed by atoms with Gasteiger partial charge in [0.25, 0.3) is 11.8 Å². The second-order valence-electron chi connectivity index (χ2n) is 8.52. The molecule has 2 aromatic rings. The summed E-state index contributed by atoms with van der Waals surface area (Å²) in [7, 11) is 1.58. The smallest absolute Gasteiger partial charge is 0.254 e. The Balaban J connectivity index is 1.34. The van der Waals surface area contributed by atoms with Crippen molar-refractivity contribution in [3.8, 4) is 11.5 Å². The van der Waals surface area contributed by atoms with E-state index in [1.165, 1.54) is 0 Å². The summed E-state index contributed by atoms with van der Waals surface area (Å²) in [6.45, 7) is 0.406. The third kappa shape index (κ3) is 4.23. The van der Waals surface area contributed by atoms with Crippen LogP contribution in [-0.2, 0) is 16.2 Å². The van der Waals surface area contributed by atoms with E-state index >= 15 is 0 Å². The largest absolute Gasteiger partial charge is 0.493 e. The summed E-state index contributed by atoms with van der Waals surface area (Å²) in [5.41, 5.74) is 1.77. The highest BCUT2D eigenvalue weighted by Crippen LogP contribution is 2.49. The predicted octanol–water partition coefficient (Wildman–Crippen LogP) is 5.17. The minimum atomic E-state index is -0.262. The number of halogens is 2. The number of ether oxygens (including phenoxy) is 2. The number of hydrogen-bond donors (Lipinski definition) is 0. The number of carbonyl (C=O) groups excluding carboxylic acids is 2. The Morgan fingerprint density at radius 1 is 1.09 bits per heavy atom. The molecule has 1 heterocycles. The number of methoxy groups -OCH3 is 1. The zero-order chi connectivity index (χ0) is 23.1. The van der Waals surface area contributed by atoms with Gasteiger partial charge in [-0.2, -0.15) is 10.1 Å². The molecule has 2 fully saturated rings. The molecule has 0 unspecified atom stereocenters. The van der Waals surface area contributed by atoms with E-state index in [1.807, 2.05) is 30.3 Å². The summed E-state index contributed by atoms with van der Waals surface area (Å²) < 4.78 is 13.4. The van der Waals surface area contributed by atoms with Gasteiger partial charge in [0.05, 0.1) is 28.7 Å². The van der Waals surface area contributed by atoms with Crippen LogP contribution in [0.25, 0.3) is 0 Å². The standard InChI is InChI=1S/C25H22BrIN2O4/c1-32-20-11-15(10-19(27)23(20)33-13-14-2-8-18(26)9-3-14)12-28-29-24(30)21-16-4-5-17(7-6-16)22(21)25(29)31/h2-5,8-12,16-17,21-22H,6-7,13H2,1H3/b28-12-/t16-,17-,21+,22+/m0/s1. The van der Waals surface area contributed by atoms with Gasteiger partial charge in [0, 0.05) is 4.47 Å². The molecular formula is C25H22BrIN2O4. The molecule has 1 saturated carbocycles. The lowest BCUT2D eigenvalue weighted by Gasteiger charge is -2.37. The lowest BCUT2D eigenvalue weighted by atomic mass is 9.63. The molecule has 1 aliphatic heterocycles. The first-order valence-electron chi connectivity index (χ1n) is 10.8. The molecule has 170 valence electrons. The second kappa shape index (κ2) is 9.21. The number of imide groups is 1. The molecule has 2 amide bonds. The maximum Gasteiger partial charge on any atom is 0.254 e. The molecule has 2 bridgehead atoms. The van der Waals surface area contributed by atoms with Gasteiger partial charge in [0.15, 0.2) is 11.5 Å². The fourth-order valence-corrected chi connectivity index (χ4v) is 6.03. The summed E-state index contributed by atoms with van der Waals surface area (Å²) in [4.78, 5) is 25.9. The number of fused-ring (bicyclic) bond motifs is 1. The third-order valence-electron chi connectivity index (χ3n) is 6.61. The lowest BCUT2D eigenvalue weighted by Crippen LogP contribution is -2.38. The zero-order valence-corrected chi connectivity index (χ0v) is 21.7. The Kier molecular flexibility index (Phi) is 6.30. The van der Waals surface area contributed by atoms with E-state index in [9.17, 15) is 9.59 Å². The van der Waals surface area contributed by atoms with Crippen molar-refractivity contribution < 1.29 is 19.1 Å². The van der Waals surface area contributed by atoms with Crippen molar-refractivity contribution in [2.24, 2.45) is 28.8 Å². The average Bonchev–Trinajstić information content (AvgIpc) is 3.10. The highest BCUT2D eigenvalue weighted by Gasteiger charge is 2.56. The van der Waals surface area contributed by atoms with Gasteiger partial charge >= 0.3 is 0 Å². The maximum absolute atomic E-state index is 13.0. The van der Waals surface area contributed by atoms with E-state index in [0.717, 1.165) is 37.0 Å². The zero-order valence-electron chi connectivity index (χ0n) is 17.9. The number of rotatable bonds is 6. The van der Waals surface area contributed by atoms with Crippen molar-refractivity contribution in [1.29, 1.82) is 0 Å². The van der Waals surface area contributed by atoms with Crippen LogP contribution in [0.2, 0.25) is 0 Å². The normalized spacial score (nSPS) is 25.7. The van der Waals surface area contributed by atoms with E-state index < -0.39 is 0 Å². The first-order valence-corrected chi connectivity index (χ1v) is 12.7. The van der Waals surface area contributed by atoms with Gasteiger partial charge in [0.2, 0.25) is 0 Å². The van der Waals surface area contributed by atoms with Gasteiger partial charge in [-0.15, -0.1) is 0 Å². The summed E-state index contributed by atoms with van der Waals surface area (Å²) in [5, 5.41) is 5.38. The minimum absolute atomic E-state index is 0.153. The van der Waals surface area contributed by atoms with Crippen LogP contribution in [0.4, 0.5) is 0 Å². The maximum atomic E-state index is 13.0. The number of hydrazone groups is 1. The summed E-state index contributed by atoms with van der Waals surface area (Å²) in [6.07, 6.45) is 7.69. The monoisotopic (exact) mass is 620 g/mol. The van der Waals surface area contributed by atoms with Crippen molar-refractivity contribution in [3.05, 3.63) is 67.7 Å². The van der Waals surface area contributed by atoms with E-state index in [0.29, 0.717) is 18.1 Å². The molecule has 4 atom stereocenters. The van der Waals surface area contributed by atoms with Crippen molar-refractivity contribution in [1.82, 2.24) is 5.01 Å². The van der Waals surface area contributed by atoms with Gasteiger partial charge in [-0.3, -0.25) is 9.59 Å². The van der Waals surface area contributed by atoms with Crippen molar-refractivity contribution in [3.63, 3.8) is 0 Å². The van der Waals surface area contributed by atoms with E-state index in [4.69, 9.17) is 9.47 Å². The van der Waals surface area contributed by atoms with Gasteiger partial charge in [-0.05, 0) is 82.7 Å². The quantitative estimate of drug-likeness (QED) is 0.193. The Labute approximate surface area is 214 Å². The summed E-state index contributed by atoms with van der Waals surface area (Å²) >= 11 is 5.62. The SMILES string of the molecule is COc1cc(/C=N\N2C(=O)[C@H]3[C@H](C2=O)[C@H]2C=C[C@H]3CC2)cc(I)c1OCc1ccc(Br)cc1. The van der Waals surface area contributed by atoms with Gasteiger partial charge in [0.1, 0.15) is 6.61 Å². The Morgan fingerprint density at radius 2 is 1.73 bits per heavy atom. The molecule has 1 saturated heterocycles. The van der Waals surface area contributed by atoms with Crippen LogP contribution in [-0.4, -0.2) is 30.1 Å². The number of amides is 2. The highest BCUT2D eigenvalue weighted by molar-refractivity contribution is 14.1.